The monoisotopic (exact) mass is 564 g/mol. The van der Waals surface area contributed by atoms with E-state index in [1.165, 1.54) is 19.9 Å². The van der Waals surface area contributed by atoms with Gasteiger partial charge in [0, 0.05) is 26.5 Å². The van der Waals surface area contributed by atoms with Gasteiger partial charge >= 0.3 is 17.8 Å². The number of rotatable bonds is 4. The van der Waals surface area contributed by atoms with Crippen LogP contribution in [0.25, 0.3) is 16.0 Å². The highest BCUT2D eigenvalue weighted by atomic mass is 32.2. The highest BCUT2D eigenvalue weighted by Gasteiger charge is 2.80. The van der Waals surface area contributed by atoms with E-state index < -0.39 is 39.8 Å². The van der Waals surface area contributed by atoms with Gasteiger partial charge in [-0.3, -0.25) is 0 Å². The van der Waals surface area contributed by atoms with Crippen molar-refractivity contribution in [2.24, 2.45) is 0 Å². The van der Waals surface area contributed by atoms with Gasteiger partial charge in [0.15, 0.2) is 0 Å². The second kappa shape index (κ2) is 8.91. The first-order valence-electron chi connectivity index (χ1n) is 12.0. The number of thiol groups is 1. The number of alkyl halides is 6. The van der Waals surface area contributed by atoms with E-state index in [1.807, 2.05) is 62.4 Å². The van der Waals surface area contributed by atoms with Crippen LogP contribution >= 0.6 is 22.2 Å². The quantitative estimate of drug-likeness (QED) is 0.237. The number of benzene rings is 2. The molecule has 38 heavy (non-hydrogen) atoms. The molecule has 8 heteroatoms. The minimum atomic E-state index is -5.58. The fourth-order valence-electron chi connectivity index (χ4n) is 5.17. The normalized spacial score (nSPS) is 22.6. The molecule has 0 nitrogen and oxygen atoms in total. The topological polar surface area (TPSA) is 0 Å². The molecule has 0 N–H and O–H groups in total. The number of aryl methyl sites for hydroxylation is 3. The van der Waals surface area contributed by atoms with E-state index in [-0.39, 0.29) is 16.7 Å². The number of hydrogen-bond donors (Lipinski definition) is 1. The van der Waals surface area contributed by atoms with Crippen molar-refractivity contribution in [1.82, 2.24) is 0 Å². The van der Waals surface area contributed by atoms with Crippen molar-refractivity contribution in [1.29, 1.82) is 0 Å². The summed E-state index contributed by atoms with van der Waals surface area (Å²) >= 11 is 1.14. The Morgan fingerprint density at radius 3 is 1.79 bits per heavy atom. The third-order valence-corrected chi connectivity index (χ3v) is 10.8. The van der Waals surface area contributed by atoms with E-state index in [0.717, 1.165) is 27.4 Å². The summed E-state index contributed by atoms with van der Waals surface area (Å²) in [6.45, 7) is 8.44. The Bertz CT molecular complexity index is 1520. The largest absolute Gasteiger partial charge is 0.380 e. The summed E-state index contributed by atoms with van der Waals surface area (Å²) in [7, 11) is -1.27. The van der Waals surface area contributed by atoms with Crippen molar-refractivity contribution in [2.75, 3.05) is 0 Å². The van der Waals surface area contributed by atoms with Crippen molar-refractivity contribution in [2.45, 2.75) is 57.3 Å². The van der Waals surface area contributed by atoms with Crippen LogP contribution in [0.4, 0.5) is 26.3 Å². The highest BCUT2D eigenvalue weighted by molar-refractivity contribution is 8.23. The van der Waals surface area contributed by atoms with Crippen molar-refractivity contribution in [3.05, 3.63) is 103 Å². The minimum Gasteiger partial charge on any atom is -0.194 e. The molecule has 1 aliphatic heterocycles. The molecule has 0 bridgehead atoms. The summed E-state index contributed by atoms with van der Waals surface area (Å²) < 4.78 is 92.1. The smallest absolute Gasteiger partial charge is 0.194 e. The fraction of sp³-hybridized carbons (Fsp3) is 0.267. The minimum absolute atomic E-state index is 0.220. The van der Waals surface area contributed by atoms with Crippen LogP contribution in [-0.4, -0.2) is 17.8 Å². The highest BCUT2D eigenvalue weighted by Crippen LogP contribution is 2.67. The standard InChI is InChI=1S/C30H26F6S2/c1-16-6-10-21(11-7-16)27-18(3)24(19(4)37-27)26-25(28(31,32)30(35,36)29(26,33)34)23-14-15-38(20(23)5)22-12-8-17(2)9-13-22/h6-15,38H,1-5H3. The van der Waals surface area contributed by atoms with E-state index in [4.69, 9.17) is 0 Å². The molecule has 0 fully saturated rings. The van der Waals surface area contributed by atoms with Gasteiger partial charge in [-0.05, 0) is 84.7 Å². The molecule has 3 aromatic rings. The van der Waals surface area contributed by atoms with Crippen molar-refractivity contribution in [3.8, 4) is 10.4 Å². The van der Waals surface area contributed by atoms with Gasteiger partial charge in [-0.15, -0.1) is 11.3 Å². The van der Waals surface area contributed by atoms with Gasteiger partial charge in [0.25, 0.3) is 0 Å². The molecule has 1 aliphatic carbocycles. The van der Waals surface area contributed by atoms with E-state index in [2.05, 4.69) is 0 Å². The van der Waals surface area contributed by atoms with Gasteiger partial charge in [-0.1, -0.05) is 47.5 Å². The van der Waals surface area contributed by atoms with Crippen molar-refractivity contribution >= 4 is 27.8 Å². The second-order valence-electron chi connectivity index (χ2n) is 9.85. The summed E-state index contributed by atoms with van der Waals surface area (Å²) in [6.07, 6.45) is 1.32. The maximum atomic E-state index is 15.6. The van der Waals surface area contributed by atoms with Crippen LogP contribution in [0, 0.1) is 27.7 Å². The molecule has 2 aromatic carbocycles. The van der Waals surface area contributed by atoms with Crippen LogP contribution in [0.5, 0.6) is 0 Å². The zero-order valence-electron chi connectivity index (χ0n) is 21.4. The number of thiophene rings is 1. The summed E-state index contributed by atoms with van der Waals surface area (Å²) in [5.41, 5.74) is 0.0273. The lowest BCUT2D eigenvalue weighted by Crippen LogP contribution is -2.49. The van der Waals surface area contributed by atoms with Crippen LogP contribution < -0.4 is 0 Å². The number of halogens is 6. The summed E-state index contributed by atoms with van der Waals surface area (Å²) in [4.78, 5) is 2.11. The second-order valence-corrected chi connectivity index (χ2v) is 13.3. The lowest BCUT2D eigenvalue weighted by Gasteiger charge is -2.26. The molecule has 0 saturated carbocycles. The van der Waals surface area contributed by atoms with Crippen molar-refractivity contribution < 1.29 is 26.3 Å². The zero-order chi connectivity index (χ0) is 27.8. The molecular weight excluding hydrogens is 538 g/mol. The van der Waals surface area contributed by atoms with Gasteiger partial charge in [0.2, 0.25) is 0 Å². The molecular formula is C30H26F6S2. The van der Waals surface area contributed by atoms with Crippen LogP contribution in [0.1, 0.15) is 34.1 Å². The molecule has 200 valence electrons. The zero-order valence-corrected chi connectivity index (χ0v) is 23.1. The first kappa shape index (κ1) is 26.9. The van der Waals surface area contributed by atoms with E-state index in [1.54, 1.807) is 12.3 Å². The van der Waals surface area contributed by atoms with Crippen LogP contribution in [0.3, 0.4) is 0 Å². The van der Waals surface area contributed by atoms with E-state index >= 15 is 17.6 Å². The average molecular weight is 565 g/mol. The third kappa shape index (κ3) is 3.74. The van der Waals surface area contributed by atoms with Crippen LogP contribution in [-0.2, 0) is 0 Å². The molecule has 0 radical (unpaired) electrons. The molecule has 1 aromatic heterocycles. The Balaban J connectivity index is 1.77. The lowest BCUT2D eigenvalue weighted by molar-refractivity contribution is -0.259. The predicted molar refractivity (Wildman–Crippen MR) is 146 cm³/mol. The van der Waals surface area contributed by atoms with Gasteiger partial charge in [-0.25, -0.2) is 0 Å². The average Bonchev–Trinajstić information content (AvgIpc) is 3.39. The third-order valence-electron chi connectivity index (χ3n) is 7.28. The van der Waals surface area contributed by atoms with Gasteiger partial charge in [0.05, 0.1) is 0 Å². The molecule has 2 aliphatic rings. The summed E-state index contributed by atoms with van der Waals surface area (Å²) in [5.74, 6) is -15.7. The van der Waals surface area contributed by atoms with Crippen LogP contribution in [0.15, 0.2) is 81.0 Å². The van der Waals surface area contributed by atoms with E-state index in [9.17, 15) is 8.78 Å². The Morgan fingerprint density at radius 2 is 1.21 bits per heavy atom. The molecule has 0 saturated heterocycles. The van der Waals surface area contributed by atoms with Gasteiger partial charge in [-0.2, -0.15) is 37.2 Å². The maximum absolute atomic E-state index is 15.6. The lowest BCUT2D eigenvalue weighted by atomic mass is 9.91. The number of allylic oxidation sites excluding steroid dienone is 5. The summed E-state index contributed by atoms with van der Waals surface area (Å²) in [6, 6.07) is 14.8. The Hall–Kier alpha value is -2.71. The summed E-state index contributed by atoms with van der Waals surface area (Å²) in [5, 5.41) is 1.67. The molecule has 0 spiro atoms. The predicted octanol–water partition coefficient (Wildman–Crippen LogP) is 10.2. The molecule has 2 heterocycles. The first-order valence-corrected chi connectivity index (χ1v) is 14.2. The first-order chi connectivity index (χ1) is 17.7. The van der Waals surface area contributed by atoms with Gasteiger partial charge in [0.1, 0.15) is 0 Å². The Kier molecular flexibility index (Phi) is 6.31. The Labute approximate surface area is 224 Å². The maximum Gasteiger partial charge on any atom is 0.380 e. The Morgan fingerprint density at radius 1 is 0.684 bits per heavy atom. The van der Waals surface area contributed by atoms with E-state index in [0.29, 0.717) is 20.2 Å². The van der Waals surface area contributed by atoms with Crippen LogP contribution in [0.2, 0.25) is 0 Å². The van der Waals surface area contributed by atoms with Gasteiger partial charge < -0.3 is 0 Å². The number of hydrogen-bond acceptors (Lipinski definition) is 1. The SMILES string of the molecule is CC1=C(C2=C(c3c(C)sc(-c4ccc(C)cc4)c3C)C(F)(F)C(F)(F)C2(F)F)C=C[SH]1c1ccc(C)cc1. The molecule has 0 amide bonds. The molecule has 1 atom stereocenters. The molecule has 1 unspecified atom stereocenters. The van der Waals surface area contributed by atoms with Crippen molar-refractivity contribution in [3.63, 3.8) is 0 Å². The fourth-order valence-corrected chi connectivity index (χ4v) is 8.34. The molecule has 5 rings (SSSR count).